The number of carbonyl (C=O) groups is 2. The lowest BCUT2D eigenvalue weighted by atomic mass is 9.58. The monoisotopic (exact) mass is 544 g/mol. The molecule has 0 bridgehead atoms. The van der Waals surface area contributed by atoms with E-state index >= 15 is 0 Å². The molecule has 2 heterocycles. The number of nitrogens with one attached hydrogen (secondary N) is 1. The van der Waals surface area contributed by atoms with Crippen molar-refractivity contribution >= 4 is 29.1 Å². The van der Waals surface area contributed by atoms with Crippen molar-refractivity contribution in [3.8, 4) is 0 Å². The summed E-state index contributed by atoms with van der Waals surface area (Å²) < 4.78 is 5.99. The molecule has 3 N–H and O–H groups in total. The van der Waals surface area contributed by atoms with Gasteiger partial charge in [0.1, 0.15) is 5.78 Å². The molecule has 1 saturated carbocycles. The van der Waals surface area contributed by atoms with Crippen molar-refractivity contribution in [2.24, 2.45) is 11.3 Å². The van der Waals surface area contributed by atoms with E-state index in [4.69, 9.17) is 4.74 Å². The number of carbonyl (C=O) groups excluding carboxylic acids is 2. The van der Waals surface area contributed by atoms with E-state index in [1.807, 2.05) is 51.3 Å². The molecule has 1 aliphatic heterocycles. The molecular formula is C30H44N2O5S. The number of aliphatic hydroxyl groups excluding tert-OH is 2. The van der Waals surface area contributed by atoms with Crippen molar-refractivity contribution in [2.75, 3.05) is 6.61 Å². The number of ether oxygens (including phenoxy) is 1. The van der Waals surface area contributed by atoms with Crippen LogP contribution in [-0.2, 0) is 14.3 Å². The first kappa shape index (κ1) is 30.4. The zero-order valence-electron chi connectivity index (χ0n) is 23.4. The maximum absolute atomic E-state index is 13.9. The summed E-state index contributed by atoms with van der Waals surface area (Å²) >= 11 is 1.58. The lowest BCUT2D eigenvalue weighted by molar-refractivity contribution is -0.158. The van der Waals surface area contributed by atoms with Crippen molar-refractivity contribution in [2.45, 2.75) is 104 Å². The van der Waals surface area contributed by atoms with Crippen LogP contribution in [0.4, 0.5) is 0 Å². The Morgan fingerprint density at radius 3 is 2.63 bits per heavy atom. The van der Waals surface area contributed by atoms with Gasteiger partial charge in [-0.3, -0.25) is 9.59 Å². The van der Waals surface area contributed by atoms with E-state index in [2.05, 4.69) is 16.4 Å². The van der Waals surface area contributed by atoms with Crippen LogP contribution in [0.15, 0.2) is 34.8 Å². The summed E-state index contributed by atoms with van der Waals surface area (Å²) in [6.07, 6.45) is 8.50. The number of aromatic nitrogens is 1. The van der Waals surface area contributed by atoms with Crippen LogP contribution in [0, 0.1) is 18.3 Å². The summed E-state index contributed by atoms with van der Waals surface area (Å²) in [7, 11) is 0. The minimum absolute atomic E-state index is 0.160. The van der Waals surface area contributed by atoms with Crippen LogP contribution in [0.2, 0.25) is 0 Å². The van der Waals surface area contributed by atoms with E-state index < -0.39 is 29.6 Å². The van der Waals surface area contributed by atoms with Crippen LogP contribution in [0.3, 0.4) is 0 Å². The molecule has 7 nitrogen and oxygen atoms in total. The molecule has 0 unspecified atom stereocenters. The second-order valence-electron chi connectivity index (χ2n) is 10.9. The van der Waals surface area contributed by atoms with Gasteiger partial charge in [-0.1, -0.05) is 30.2 Å². The Labute approximate surface area is 231 Å². The van der Waals surface area contributed by atoms with Crippen molar-refractivity contribution in [1.82, 2.24) is 10.3 Å². The first-order valence-electron chi connectivity index (χ1n) is 13.8. The number of ketones is 1. The lowest BCUT2D eigenvalue weighted by Gasteiger charge is -2.46. The third-order valence-electron chi connectivity index (χ3n) is 8.09. The predicted molar refractivity (Wildman–Crippen MR) is 152 cm³/mol. The van der Waals surface area contributed by atoms with Gasteiger partial charge in [-0.05, 0) is 78.4 Å². The highest BCUT2D eigenvalue weighted by atomic mass is 32.1. The first-order chi connectivity index (χ1) is 18.1. The van der Waals surface area contributed by atoms with Gasteiger partial charge in [0.15, 0.2) is 0 Å². The summed E-state index contributed by atoms with van der Waals surface area (Å²) in [6.45, 7) is 10.1. The fourth-order valence-electron chi connectivity index (χ4n) is 5.37. The average Bonchev–Trinajstić information content (AvgIpc) is 3.24. The molecule has 1 fully saturated rings. The van der Waals surface area contributed by atoms with Crippen molar-refractivity contribution in [3.05, 3.63) is 45.5 Å². The molecule has 3 rings (SSSR count). The number of hydrogen-bond donors (Lipinski definition) is 3. The second kappa shape index (κ2) is 13.8. The Balaban J connectivity index is 1.91. The minimum Gasteiger partial charge on any atom is -0.392 e. The zero-order chi connectivity index (χ0) is 27.9. The maximum atomic E-state index is 13.9. The highest BCUT2D eigenvalue weighted by molar-refractivity contribution is 7.09. The van der Waals surface area contributed by atoms with Crippen molar-refractivity contribution < 1.29 is 24.5 Å². The number of hydrogen-bond acceptors (Lipinski definition) is 7. The molecule has 5 atom stereocenters. The van der Waals surface area contributed by atoms with Crippen molar-refractivity contribution in [3.63, 3.8) is 0 Å². The smallest absolute Gasteiger partial charge is 0.223 e. The number of allylic oxidation sites excluding steroid dienone is 2. The molecule has 1 amide bonds. The van der Waals surface area contributed by atoms with Gasteiger partial charge in [-0.25, -0.2) is 4.98 Å². The lowest BCUT2D eigenvalue weighted by Crippen LogP contribution is -2.54. The molecular weight excluding hydrogens is 500 g/mol. The van der Waals surface area contributed by atoms with E-state index in [-0.39, 0.29) is 24.2 Å². The number of amides is 1. The van der Waals surface area contributed by atoms with E-state index in [1.54, 1.807) is 18.3 Å². The summed E-state index contributed by atoms with van der Waals surface area (Å²) in [5, 5.41) is 28.5. The number of aryl methyl sites for hydroxylation is 1. The van der Waals surface area contributed by atoms with Crippen LogP contribution in [0.1, 0.15) is 83.3 Å². The topological polar surface area (TPSA) is 109 Å². The summed E-state index contributed by atoms with van der Waals surface area (Å²) in [5.74, 6) is -1.16. The minimum atomic E-state index is -1.11. The van der Waals surface area contributed by atoms with E-state index in [1.165, 1.54) is 0 Å². The Hall–Kier alpha value is -2.13. The number of aliphatic hydroxyl groups is 2. The summed E-state index contributed by atoms with van der Waals surface area (Å²) in [6, 6.07) is -0.267. The van der Waals surface area contributed by atoms with Crippen LogP contribution in [0.25, 0.3) is 6.08 Å². The van der Waals surface area contributed by atoms with Gasteiger partial charge in [0, 0.05) is 5.38 Å². The van der Waals surface area contributed by atoms with Crippen molar-refractivity contribution in [1.29, 1.82) is 0 Å². The van der Waals surface area contributed by atoms with Gasteiger partial charge in [0.05, 0.1) is 59.4 Å². The fourth-order valence-corrected chi connectivity index (χ4v) is 5.94. The molecule has 0 saturated heterocycles. The van der Waals surface area contributed by atoms with Gasteiger partial charge >= 0.3 is 0 Å². The predicted octanol–water partition coefficient (Wildman–Crippen LogP) is 4.92. The Morgan fingerprint density at radius 2 is 2.03 bits per heavy atom. The van der Waals surface area contributed by atoms with Gasteiger partial charge in [0.2, 0.25) is 5.91 Å². The van der Waals surface area contributed by atoms with E-state index in [9.17, 15) is 19.8 Å². The number of rotatable bonds is 4. The average molecular weight is 545 g/mol. The Bertz CT molecular complexity index is 1050. The molecule has 38 heavy (non-hydrogen) atoms. The maximum Gasteiger partial charge on any atom is 0.223 e. The molecule has 0 radical (unpaired) electrons. The normalized spacial score (nSPS) is 31.6. The van der Waals surface area contributed by atoms with Crippen LogP contribution in [0.5, 0.6) is 0 Å². The molecule has 0 aromatic carbocycles. The van der Waals surface area contributed by atoms with E-state index in [0.29, 0.717) is 38.7 Å². The standard InChI is InChI=1S/C30H44N2O5S/c1-6-7-9-24-28(35)21(4)37-15-12-19(2)10-11-25(20(3)16-23-18-38-22(5)31-23)32-27(34)17-26(33)30(29(24)36)13-8-14-30/h6-7,10,16,18,21,24-26,28,33,35H,8-9,11-15,17H2,1-5H3,(H,32,34)/b7-6+,19-10-,20-16+/t21-,24-,25+,26+,28-/m1/s1. The molecule has 1 spiro atoms. The van der Waals surface area contributed by atoms with Crippen LogP contribution in [-0.4, -0.2) is 57.8 Å². The van der Waals surface area contributed by atoms with E-state index in [0.717, 1.165) is 28.3 Å². The number of Topliss-reactive ketones (excluding diaryl/α,β-unsaturated/α-hetero) is 1. The zero-order valence-corrected chi connectivity index (χ0v) is 24.2. The molecule has 1 aromatic rings. The Kier molecular flexibility index (Phi) is 11.0. The molecule has 1 aromatic heterocycles. The summed E-state index contributed by atoms with van der Waals surface area (Å²) in [4.78, 5) is 31.6. The largest absolute Gasteiger partial charge is 0.392 e. The summed E-state index contributed by atoms with van der Waals surface area (Å²) in [5.41, 5.74) is 1.93. The Morgan fingerprint density at radius 1 is 1.29 bits per heavy atom. The highest BCUT2D eigenvalue weighted by Crippen LogP contribution is 2.48. The fraction of sp³-hybridized carbons (Fsp3) is 0.633. The molecule has 210 valence electrons. The quantitative estimate of drug-likeness (QED) is 0.465. The van der Waals surface area contributed by atoms with Crippen LogP contribution >= 0.6 is 11.3 Å². The van der Waals surface area contributed by atoms with Gasteiger partial charge in [0.25, 0.3) is 0 Å². The molecule has 2 aliphatic rings. The second-order valence-corrected chi connectivity index (χ2v) is 12.0. The first-order valence-corrected chi connectivity index (χ1v) is 14.6. The molecule has 1 aliphatic carbocycles. The SMILES string of the molecule is C/C=C/C[C@H]1C(=O)C2(CCC2)[C@@H](O)CC(=O)N[C@H](/C(C)=C/c2csc(C)n2)C/C=C(/C)CCO[C@H](C)[C@H]1O. The highest BCUT2D eigenvalue weighted by Gasteiger charge is 2.53. The third kappa shape index (κ3) is 7.50. The van der Waals surface area contributed by atoms with Gasteiger partial charge in [-0.2, -0.15) is 0 Å². The number of nitrogens with zero attached hydrogens (tertiary/aromatic N) is 1. The van der Waals surface area contributed by atoms with Gasteiger partial charge < -0.3 is 20.3 Å². The number of thiazole rings is 1. The van der Waals surface area contributed by atoms with Gasteiger partial charge in [-0.15, -0.1) is 11.3 Å². The van der Waals surface area contributed by atoms with Crippen LogP contribution < -0.4 is 5.32 Å². The molecule has 8 heteroatoms. The third-order valence-corrected chi connectivity index (χ3v) is 8.88.